The number of para-hydroxylation sites is 1. The van der Waals surface area contributed by atoms with Crippen LogP contribution in [0.3, 0.4) is 0 Å². The van der Waals surface area contributed by atoms with E-state index in [2.05, 4.69) is 39.4 Å². The monoisotopic (exact) mass is 401 g/mol. The number of carbonyl (C=O) groups excluding carboxylic acids is 1. The van der Waals surface area contributed by atoms with Gasteiger partial charge in [0.25, 0.3) is 5.91 Å². The van der Waals surface area contributed by atoms with Crippen LogP contribution in [-0.4, -0.2) is 56.9 Å². The highest BCUT2D eigenvalue weighted by Crippen LogP contribution is 2.39. The number of ether oxygens (including phenoxy) is 2. The average molecular weight is 402 g/mol. The Labute approximate surface area is 170 Å². The molecule has 2 heterocycles. The van der Waals surface area contributed by atoms with Crippen molar-refractivity contribution in [2.45, 2.75) is 6.42 Å². The molecule has 2 aromatic carbocycles. The lowest BCUT2D eigenvalue weighted by molar-refractivity contribution is 0.0951. The topological polar surface area (TPSA) is 54.0 Å². The molecule has 4 rings (SSSR count). The molecular formula is C21H24ClN3O3. The van der Waals surface area contributed by atoms with E-state index in [4.69, 9.17) is 21.1 Å². The van der Waals surface area contributed by atoms with Crippen molar-refractivity contribution in [2.75, 3.05) is 51.0 Å². The van der Waals surface area contributed by atoms with Crippen LogP contribution in [0.15, 0.2) is 42.5 Å². The summed E-state index contributed by atoms with van der Waals surface area (Å²) in [5.74, 6) is 0.885. The molecule has 2 aliphatic heterocycles. The maximum Gasteiger partial charge on any atom is 0.251 e. The van der Waals surface area contributed by atoms with Crippen LogP contribution >= 0.6 is 11.6 Å². The highest BCUT2D eigenvalue weighted by atomic mass is 35.5. The zero-order valence-corrected chi connectivity index (χ0v) is 16.5. The number of amides is 1. The predicted octanol–water partition coefficient (Wildman–Crippen LogP) is 3.01. The Morgan fingerprint density at radius 1 is 1.07 bits per heavy atom. The van der Waals surface area contributed by atoms with Crippen LogP contribution in [0, 0.1) is 0 Å². The number of nitrogens with zero attached hydrogens (tertiary/aromatic N) is 2. The molecule has 2 aromatic rings. The lowest BCUT2D eigenvalue weighted by Gasteiger charge is -2.36. The Morgan fingerprint density at radius 2 is 1.86 bits per heavy atom. The van der Waals surface area contributed by atoms with E-state index in [-0.39, 0.29) is 12.7 Å². The number of piperazine rings is 1. The number of anilines is 1. The van der Waals surface area contributed by atoms with Gasteiger partial charge >= 0.3 is 0 Å². The van der Waals surface area contributed by atoms with Gasteiger partial charge in [-0.25, -0.2) is 0 Å². The van der Waals surface area contributed by atoms with Gasteiger partial charge in [-0.3, -0.25) is 9.69 Å². The summed E-state index contributed by atoms with van der Waals surface area (Å²) in [6.45, 7) is 5.89. The van der Waals surface area contributed by atoms with E-state index in [1.165, 1.54) is 5.69 Å². The molecule has 0 spiro atoms. The van der Waals surface area contributed by atoms with E-state index in [1.807, 2.05) is 6.07 Å². The SMILES string of the molecule is O=C(NCCCN1CCN(c2ccccc2)CC1)c1cc(Cl)c2c(c1)OCO2. The van der Waals surface area contributed by atoms with Crippen LogP contribution in [0.2, 0.25) is 5.02 Å². The first-order chi connectivity index (χ1) is 13.7. The zero-order chi connectivity index (χ0) is 19.3. The first kappa shape index (κ1) is 18.9. The van der Waals surface area contributed by atoms with E-state index in [9.17, 15) is 4.79 Å². The fourth-order valence-electron chi connectivity index (χ4n) is 3.57. The molecule has 0 aromatic heterocycles. The highest BCUT2D eigenvalue weighted by Gasteiger charge is 2.21. The number of rotatable bonds is 6. The quantitative estimate of drug-likeness (QED) is 0.754. The van der Waals surface area contributed by atoms with Gasteiger partial charge in [0.1, 0.15) is 0 Å². The summed E-state index contributed by atoms with van der Waals surface area (Å²) in [6.07, 6.45) is 0.912. The van der Waals surface area contributed by atoms with E-state index in [1.54, 1.807) is 12.1 Å². The standard InChI is InChI=1S/C21H24ClN3O3/c22-18-13-16(14-19-20(18)28-15-27-19)21(26)23-7-4-8-24-9-11-25(12-10-24)17-5-2-1-3-6-17/h1-3,5-6,13-14H,4,7-12,15H2,(H,23,26). The third-order valence-corrected chi connectivity index (χ3v) is 5.40. The van der Waals surface area contributed by atoms with Gasteiger partial charge < -0.3 is 19.7 Å². The smallest absolute Gasteiger partial charge is 0.251 e. The second-order valence-electron chi connectivity index (χ2n) is 6.97. The van der Waals surface area contributed by atoms with Crippen LogP contribution in [0.4, 0.5) is 5.69 Å². The van der Waals surface area contributed by atoms with Crippen molar-refractivity contribution in [1.82, 2.24) is 10.2 Å². The molecule has 7 heteroatoms. The van der Waals surface area contributed by atoms with Crippen LogP contribution in [0.25, 0.3) is 0 Å². The number of carbonyl (C=O) groups is 1. The van der Waals surface area contributed by atoms with Crippen molar-refractivity contribution in [3.63, 3.8) is 0 Å². The minimum absolute atomic E-state index is 0.137. The van der Waals surface area contributed by atoms with E-state index in [0.29, 0.717) is 28.6 Å². The minimum Gasteiger partial charge on any atom is -0.454 e. The molecule has 6 nitrogen and oxygen atoms in total. The minimum atomic E-state index is -0.144. The lowest BCUT2D eigenvalue weighted by Crippen LogP contribution is -2.47. The molecule has 148 valence electrons. The van der Waals surface area contributed by atoms with Gasteiger partial charge in [-0.05, 0) is 37.2 Å². The van der Waals surface area contributed by atoms with E-state index in [0.717, 1.165) is 39.1 Å². The molecule has 0 atom stereocenters. The number of nitrogens with one attached hydrogen (secondary N) is 1. The van der Waals surface area contributed by atoms with Crippen molar-refractivity contribution in [2.24, 2.45) is 0 Å². The van der Waals surface area contributed by atoms with Gasteiger partial charge in [-0.15, -0.1) is 0 Å². The van der Waals surface area contributed by atoms with Crippen molar-refractivity contribution in [3.05, 3.63) is 53.1 Å². The molecule has 1 fully saturated rings. The maximum absolute atomic E-state index is 12.4. The Morgan fingerprint density at radius 3 is 2.64 bits per heavy atom. The van der Waals surface area contributed by atoms with Gasteiger partial charge in [-0.2, -0.15) is 0 Å². The molecule has 0 aliphatic carbocycles. The van der Waals surface area contributed by atoms with Gasteiger partial charge in [0.2, 0.25) is 6.79 Å². The van der Waals surface area contributed by atoms with Crippen LogP contribution in [0.1, 0.15) is 16.8 Å². The van der Waals surface area contributed by atoms with Gasteiger partial charge in [-0.1, -0.05) is 29.8 Å². The zero-order valence-electron chi connectivity index (χ0n) is 15.7. The molecule has 1 amide bonds. The second kappa shape index (κ2) is 8.71. The van der Waals surface area contributed by atoms with Crippen molar-refractivity contribution < 1.29 is 14.3 Å². The summed E-state index contributed by atoms with van der Waals surface area (Å²) in [6, 6.07) is 13.8. The largest absolute Gasteiger partial charge is 0.454 e. The van der Waals surface area contributed by atoms with Gasteiger partial charge in [0, 0.05) is 44.0 Å². The lowest BCUT2D eigenvalue weighted by atomic mass is 10.2. The Hall–Kier alpha value is -2.44. The maximum atomic E-state index is 12.4. The van der Waals surface area contributed by atoms with E-state index >= 15 is 0 Å². The summed E-state index contributed by atoms with van der Waals surface area (Å²) in [5.41, 5.74) is 1.78. The van der Waals surface area contributed by atoms with Crippen LogP contribution in [-0.2, 0) is 0 Å². The molecular weight excluding hydrogens is 378 g/mol. The van der Waals surface area contributed by atoms with Crippen molar-refractivity contribution >= 4 is 23.2 Å². The number of halogens is 1. The van der Waals surface area contributed by atoms with Crippen LogP contribution in [0.5, 0.6) is 11.5 Å². The molecule has 0 radical (unpaired) electrons. The summed E-state index contributed by atoms with van der Waals surface area (Å²) >= 11 is 6.14. The predicted molar refractivity (Wildman–Crippen MR) is 110 cm³/mol. The number of hydrogen-bond acceptors (Lipinski definition) is 5. The third-order valence-electron chi connectivity index (χ3n) is 5.12. The third kappa shape index (κ3) is 4.34. The highest BCUT2D eigenvalue weighted by molar-refractivity contribution is 6.32. The molecule has 0 saturated carbocycles. The summed E-state index contributed by atoms with van der Waals surface area (Å²) in [5, 5.41) is 3.36. The first-order valence-corrected chi connectivity index (χ1v) is 9.98. The van der Waals surface area contributed by atoms with E-state index < -0.39 is 0 Å². The number of hydrogen-bond donors (Lipinski definition) is 1. The summed E-state index contributed by atoms with van der Waals surface area (Å²) in [7, 11) is 0. The first-order valence-electron chi connectivity index (χ1n) is 9.60. The summed E-state index contributed by atoms with van der Waals surface area (Å²) < 4.78 is 10.6. The number of fused-ring (bicyclic) bond motifs is 1. The number of benzene rings is 2. The van der Waals surface area contributed by atoms with Crippen molar-refractivity contribution in [1.29, 1.82) is 0 Å². The Bertz CT molecular complexity index is 823. The van der Waals surface area contributed by atoms with Crippen molar-refractivity contribution in [3.8, 4) is 11.5 Å². The molecule has 0 unspecified atom stereocenters. The molecule has 28 heavy (non-hydrogen) atoms. The fraction of sp³-hybridized carbons (Fsp3) is 0.381. The molecule has 0 bridgehead atoms. The average Bonchev–Trinajstić information content (AvgIpc) is 3.21. The fourth-order valence-corrected chi connectivity index (χ4v) is 3.84. The van der Waals surface area contributed by atoms with Gasteiger partial charge in [0.05, 0.1) is 5.02 Å². The molecule has 1 N–H and O–H groups in total. The molecule has 1 saturated heterocycles. The molecule has 2 aliphatic rings. The van der Waals surface area contributed by atoms with Crippen LogP contribution < -0.4 is 19.7 Å². The summed E-state index contributed by atoms with van der Waals surface area (Å²) in [4.78, 5) is 17.2. The Balaban J connectivity index is 1.18. The second-order valence-corrected chi connectivity index (χ2v) is 7.37. The normalized spacial score (nSPS) is 16.2. The Kier molecular flexibility index (Phi) is 5.88. The van der Waals surface area contributed by atoms with Gasteiger partial charge in [0.15, 0.2) is 11.5 Å².